The Morgan fingerprint density at radius 2 is 2.07 bits per heavy atom. The molecule has 1 aromatic heterocycles. The third-order valence-corrected chi connectivity index (χ3v) is 2.54. The van der Waals surface area contributed by atoms with Gasteiger partial charge in [0, 0.05) is 23.7 Å². The summed E-state index contributed by atoms with van der Waals surface area (Å²) in [6, 6.07) is 3.82. The molecule has 0 fully saturated rings. The molecule has 2 heterocycles. The number of carbonyl (C=O) groups is 1. The minimum Gasteiger partial charge on any atom is -0.318 e. The quantitative estimate of drug-likeness (QED) is 0.615. The van der Waals surface area contributed by atoms with Crippen molar-refractivity contribution < 1.29 is 4.79 Å². The number of Topliss-reactive ketones (excluding diaryl/α,β-unsaturated/α-hetero) is 1. The molecule has 0 amide bonds. The third-order valence-electron chi connectivity index (χ3n) is 2.54. The van der Waals surface area contributed by atoms with Crippen molar-refractivity contribution in [2.24, 2.45) is 5.41 Å². The number of rotatable bonds is 0. The van der Waals surface area contributed by atoms with Crippen LogP contribution in [0.1, 0.15) is 37.7 Å². The maximum atomic E-state index is 11.6. The van der Waals surface area contributed by atoms with Gasteiger partial charge in [-0.2, -0.15) is 0 Å². The van der Waals surface area contributed by atoms with Crippen molar-refractivity contribution >= 4 is 11.5 Å². The Kier molecular flexibility index (Phi) is 1.88. The van der Waals surface area contributed by atoms with E-state index in [1.165, 1.54) is 5.70 Å². The van der Waals surface area contributed by atoms with Crippen LogP contribution in [0.25, 0.3) is 5.70 Å². The average molecular weight is 189 g/mol. The number of fused-ring (bicyclic) bond motifs is 1. The van der Waals surface area contributed by atoms with Gasteiger partial charge in [-0.05, 0) is 12.1 Å². The molecule has 0 saturated heterocycles. The van der Waals surface area contributed by atoms with E-state index in [-0.39, 0.29) is 11.2 Å². The summed E-state index contributed by atoms with van der Waals surface area (Å²) in [6.45, 7) is 6.50. The predicted octanol–water partition coefficient (Wildman–Crippen LogP) is 2.96. The summed E-state index contributed by atoms with van der Waals surface area (Å²) in [5.41, 5.74) is 2.13. The van der Waals surface area contributed by atoms with Gasteiger partial charge in [-0.25, -0.2) is 0 Å². The number of hydrogen-bond acceptors (Lipinski definition) is 1. The van der Waals surface area contributed by atoms with Crippen molar-refractivity contribution in [3.8, 4) is 0 Å². The van der Waals surface area contributed by atoms with Gasteiger partial charge in [-0.3, -0.25) is 4.79 Å². The second-order valence-corrected chi connectivity index (χ2v) is 4.73. The van der Waals surface area contributed by atoms with Crippen LogP contribution in [-0.4, -0.2) is 10.4 Å². The molecule has 74 valence electrons. The highest BCUT2D eigenvalue weighted by Crippen LogP contribution is 2.33. The van der Waals surface area contributed by atoms with Crippen LogP contribution in [0, 0.1) is 5.41 Å². The first-order valence-corrected chi connectivity index (χ1v) is 4.92. The van der Waals surface area contributed by atoms with Crippen molar-refractivity contribution in [2.45, 2.75) is 27.2 Å². The molecule has 0 bridgehead atoms. The summed E-state index contributed by atoms with van der Waals surface area (Å²) in [4.78, 5) is 11.6. The highest BCUT2D eigenvalue weighted by atomic mass is 16.1. The molecule has 0 radical (unpaired) electrons. The zero-order chi connectivity index (χ0) is 10.3. The van der Waals surface area contributed by atoms with E-state index in [0.29, 0.717) is 6.42 Å². The fraction of sp³-hybridized carbons (Fsp3) is 0.417. The molecule has 1 aliphatic heterocycles. The van der Waals surface area contributed by atoms with Crippen LogP contribution < -0.4 is 0 Å². The number of ketones is 1. The Bertz CT molecular complexity index is 404. The first-order valence-electron chi connectivity index (χ1n) is 4.92. The minimum absolute atomic E-state index is 0.0917. The van der Waals surface area contributed by atoms with E-state index >= 15 is 0 Å². The molecule has 1 aliphatic rings. The monoisotopic (exact) mass is 189 g/mol. The fourth-order valence-electron chi connectivity index (χ4n) is 1.88. The Morgan fingerprint density at radius 1 is 1.36 bits per heavy atom. The van der Waals surface area contributed by atoms with Crippen molar-refractivity contribution in [1.82, 2.24) is 4.57 Å². The number of hydrogen-bond donors (Lipinski definition) is 0. The molecule has 1 aromatic rings. The Hall–Kier alpha value is -1.31. The van der Waals surface area contributed by atoms with Gasteiger partial charge in [0.05, 0.1) is 5.69 Å². The zero-order valence-corrected chi connectivity index (χ0v) is 8.87. The lowest BCUT2D eigenvalue weighted by atomic mass is 9.89. The van der Waals surface area contributed by atoms with Gasteiger partial charge in [-0.15, -0.1) is 0 Å². The second kappa shape index (κ2) is 2.84. The first-order chi connectivity index (χ1) is 6.50. The van der Waals surface area contributed by atoms with Gasteiger partial charge in [0.15, 0.2) is 5.78 Å². The van der Waals surface area contributed by atoms with Gasteiger partial charge < -0.3 is 4.57 Å². The average Bonchev–Trinajstić information content (AvgIpc) is 2.50. The molecule has 2 rings (SSSR count). The van der Waals surface area contributed by atoms with Crippen molar-refractivity contribution in [3.05, 3.63) is 30.1 Å². The first kappa shape index (κ1) is 9.25. The lowest BCUT2D eigenvalue weighted by molar-refractivity contribution is 0.0986. The van der Waals surface area contributed by atoms with Crippen LogP contribution in [0.2, 0.25) is 0 Å². The van der Waals surface area contributed by atoms with Gasteiger partial charge in [0.2, 0.25) is 0 Å². The Balaban J connectivity index is 2.55. The lowest BCUT2D eigenvalue weighted by Crippen LogP contribution is -2.21. The molecule has 14 heavy (non-hydrogen) atoms. The molecule has 2 nitrogen and oxygen atoms in total. The molecular weight excluding hydrogens is 174 g/mol. The van der Waals surface area contributed by atoms with Crippen molar-refractivity contribution in [3.63, 3.8) is 0 Å². The van der Waals surface area contributed by atoms with Gasteiger partial charge in [0.1, 0.15) is 0 Å². The highest BCUT2D eigenvalue weighted by molar-refractivity contribution is 5.99. The van der Waals surface area contributed by atoms with Crippen LogP contribution in [0.15, 0.2) is 24.4 Å². The van der Waals surface area contributed by atoms with E-state index in [9.17, 15) is 4.79 Å². The Labute approximate surface area is 84.2 Å². The highest BCUT2D eigenvalue weighted by Gasteiger charge is 2.25. The zero-order valence-electron chi connectivity index (χ0n) is 8.87. The molecule has 0 aromatic carbocycles. The van der Waals surface area contributed by atoms with Crippen LogP contribution >= 0.6 is 0 Å². The van der Waals surface area contributed by atoms with Crippen LogP contribution in [0.5, 0.6) is 0 Å². The molecule has 0 atom stereocenters. The summed E-state index contributed by atoms with van der Waals surface area (Å²) < 4.78 is 2.01. The molecular formula is C12H15NO. The third kappa shape index (κ3) is 1.31. The molecule has 0 spiro atoms. The second-order valence-electron chi connectivity index (χ2n) is 4.73. The smallest absolute Gasteiger partial charge is 0.183 e. The van der Waals surface area contributed by atoms with Crippen LogP contribution in [0.3, 0.4) is 0 Å². The van der Waals surface area contributed by atoms with Crippen LogP contribution in [-0.2, 0) is 0 Å². The van der Waals surface area contributed by atoms with E-state index in [0.717, 1.165) is 5.69 Å². The lowest BCUT2D eigenvalue weighted by Gasteiger charge is -2.28. The maximum absolute atomic E-state index is 11.6. The molecule has 0 saturated carbocycles. The molecule has 0 N–H and O–H groups in total. The summed E-state index contributed by atoms with van der Waals surface area (Å²) in [7, 11) is 0. The van der Waals surface area contributed by atoms with Gasteiger partial charge in [-0.1, -0.05) is 26.8 Å². The van der Waals surface area contributed by atoms with Crippen LogP contribution in [0.4, 0.5) is 0 Å². The Morgan fingerprint density at radius 3 is 2.71 bits per heavy atom. The van der Waals surface area contributed by atoms with E-state index in [4.69, 9.17) is 0 Å². The summed E-state index contributed by atoms with van der Waals surface area (Å²) in [5, 5.41) is 0. The minimum atomic E-state index is 0.0917. The van der Waals surface area contributed by atoms with Gasteiger partial charge in [0.25, 0.3) is 0 Å². The maximum Gasteiger partial charge on any atom is 0.183 e. The normalized spacial score (nSPS) is 16.5. The van der Waals surface area contributed by atoms with E-state index < -0.39 is 0 Å². The summed E-state index contributed by atoms with van der Waals surface area (Å²) >= 11 is 0. The number of allylic oxidation sites excluding steroid dienone is 2. The number of nitrogens with zero attached hydrogens (tertiary/aromatic N) is 1. The van der Waals surface area contributed by atoms with E-state index in [1.54, 1.807) is 0 Å². The number of carbonyl (C=O) groups excluding carboxylic acids is 1. The molecule has 2 heteroatoms. The van der Waals surface area contributed by atoms with E-state index in [1.807, 2.05) is 29.0 Å². The van der Waals surface area contributed by atoms with Gasteiger partial charge >= 0.3 is 0 Å². The topological polar surface area (TPSA) is 22.0 Å². The predicted molar refractivity (Wildman–Crippen MR) is 57.1 cm³/mol. The largest absolute Gasteiger partial charge is 0.318 e. The standard InChI is InChI=1S/C12H15NO/c1-12(2,3)11-7-6-10(14)9-5-4-8-13(9)11/h4-5,7-8H,6H2,1-3H3. The van der Waals surface area contributed by atoms with E-state index in [2.05, 4.69) is 20.8 Å². The van der Waals surface area contributed by atoms with Crippen molar-refractivity contribution in [1.29, 1.82) is 0 Å². The fourth-order valence-corrected chi connectivity index (χ4v) is 1.88. The summed E-state index contributed by atoms with van der Waals surface area (Å²) in [6.07, 6.45) is 4.54. The van der Waals surface area contributed by atoms with Crippen molar-refractivity contribution in [2.75, 3.05) is 0 Å². The molecule has 0 aliphatic carbocycles. The molecule has 0 unspecified atom stereocenters. The SMILES string of the molecule is CC(C)(C)C1=CCC(=O)c2cccn21. The number of aromatic nitrogens is 1. The summed E-state index contributed by atoms with van der Waals surface area (Å²) in [5.74, 6) is 0.211.